The molecule has 3 heteroatoms. The van der Waals surface area contributed by atoms with E-state index in [-0.39, 0.29) is 5.82 Å². The van der Waals surface area contributed by atoms with Gasteiger partial charge in [-0.05, 0) is 19.5 Å². The van der Waals surface area contributed by atoms with Crippen LogP contribution in [0.3, 0.4) is 0 Å². The van der Waals surface area contributed by atoms with Gasteiger partial charge in [0.25, 0.3) is 0 Å². The summed E-state index contributed by atoms with van der Waals surface area (Å²) >= 11 is 0. The molecule has 0 aromatic heterocycles. The first-order valence-electron chi connectivity index (χ1n) is 4.85. The largest absolute Gasteiger partial charge is 0.318 e. The van der Waals surface area contributed by atoms with E-state index in [0.717, 1.165) is 18.7 Å². The van der Waals surface area contributed by atoms with E-state index in [4.69, 9.17) is 0 Å². The molecule has 0 radical (unpaired) electrons. The van der Waals surface area contributed by atoms with Crippen molar-refractivity contribution >= 4 is 0 Å². The molecule has 0 spiro atoms. The van der Waals surface area contributed by atoms with Crippen molar-refractivity contribution in [2.24, 2.45) is 0 Å². The fourth-order valence-corrected chi connectivity index (χ4v) is 1.28. The zero-order valence-corrected chi connectivity index (χ0v) is 8.73. The Labute approximate surface area is 84.5 Å². The van der Waals surface area contributed by atoms with Gasteiger partial charge in [-0.25, -0.2) is 4.39 Å². The highest BCUT2D eigenvalue weighted by Gasteiger charge is 2.02. The third-order valence-electron chi connectivity index (χ3n) is 2.14. The molecule has 0 amide bonds. The Hall–Kier alpha value is -0.930. The summed E-state index contributed by atoms with van der Waals surface area (Å²) < 4.78 is 13.5. The molecule has 0 unspecified atom stereocenters. The molecular formula is C11H17FN2. The summed E-state index contributed by atoms with van der Waals surface area (Å²) in [4.78, 5) is 0. The second-order valence-electron chi connectivity index (χ2n) is 3.33. The highest BCUT2D eigenvalue weighted by molar-refractivity contribution is 5.24. The van der Waals surface area contributed by atoms with E-state index in [2.05, 4.69) is 10.6 Å². The van der Waals surface area contributed by atoms with Crippen LogP contribution < -0.4 is 10.6 Å². The first-order chi connectivity index (χ1) is 6.75. The molecule has 1 aromatic rings. The molecule has 0 bridgehead atoms. The predicted molar refractivity (Wildman–Crippen MR) is 56.8 cm³/mol. The van der Waals surface area contributed by atoms with E-state index in [1.807, 2.05) is 19.2 Å². The van der Waals surface area contributed by atoms with Crippen LogP contribution in [0.5, 0.6) is 0 Å². The van der Waals surface area contributed by atoms with E-state index < -0.39 is 0 Å². The maximum absolute atomic E-state index is 13.5. The Morgan fingerprint density at radius 2 is 2.07 bits per heavy atom. The Kier molecular flexibility index (Phi) is 4.56. The average molecular weight is 196 g/mol. The van der Waals surface area contributed by atoms with Crippen molar-refractivity contribution in [3.8, 4) is 0 Å². The number of nitrogens with one attached hydrogen (secondary N) is 2. The number of rotatable bonds is 5. The quantitative estimate of drug-likeness (QED) is 0.696. The van der Waals surface area contributed by atoms with Crippen molar-refractivity contribution in [1.29, 1.82) is 0 Å². The molecule has 0 saturated carbocycles. The monoisotopic (exact) mass is 196 g/mol. The molecule has 0 aliphatic rings. The van der Waals surface area contributed by atoms with E-state index >= 15 is 0 Å². The minimum absolute atomic E-state index is 0.0931. The predicted octanol–water partition coefficient (Wildman–Crippen LogP) is 1.44. The lowest BCUT2D eigenvalue weighted by atomic mass is 10.1. The Bertz CT molecular complexity index is 287. The summed E-state index contributed by atoms with van der Waals surface area (Å²) in [6, 6.07) is 5.48. The molecule has 0 saturated heterocycles. The number of benzene rings is 1. The van der Waals surface area contributed by atoms with Gasteiger partial charge in [0.1, 0.15) is 5.82 Å². The van der Waals surface area contributed by atoms with Crippen molar-refractivity contribution in [1.82, 2.24) is 10.6 Å². The number of halogens is 1. The zero-order chi connectivity index (χ0) is 10.4. The maximum atomic E-state index is 13.5. The van der Waals surface area contributed by atoms with Crippen LogP contribution in [0.4, 0.5) is 4.39 Å². The highest BCUT2D eigenvalue weighted by Crippen LogP contribution is 2.10. The number of hydrogen-bond acceptors (Lipinski definition) is 2. The van der Waals surface area contributed by atoms with E-state index in [1.165, 1.54) is 0 Å². The summed E-state index contributed by atoms with van der Waals surface area (Å²) in [6.07, 6.45) is 0. The molecular weight excluding hydrogens is 179 g/mol. The van der Waals surface area contributed by atoms with Gasteiger partial charge in [0.15, 0.2) is 0 Å². The van der Waals surface area contributed by atoms with Gasteiger partial charge in [-0.2, -0.15) is 0 Å². The topological polar surface area (TPSA) is 24.1 Å². The molecule has 1 rings (SSSR count). The standard InChI is InChI=1S/C11H17FN2/c1-9-4-3-5-10(11(9)12)8-14-7-6-13-2/h3-5,13-14H,6-8H2,1-2H3. The van der Waals surface area contributed by atoms with Crippen molar-refractivity contribution in [2.75, 3.05) is 20.1 Å². The summed E-state index contributed by atoms with van der Waals surface area (Å²) in [6.45, 7) is 4.12. The summed E-state index contributed by atoms with van der Waals surface area (Å²) in [5, 5.41) is 6.19. The van der Waals surface area contributed by atoms with E-state index in [1.54, 1.807) is 13.0 Å². The molecule has 14 heavy (non-hydrogen) atoms. The van der Waals surface area contributed by atoms with E-state index in [0.29, 0.717) is 12.1 Å². The van der Waals surface area contributed by atoms with Crippen molar-refractivity contribution in [2.45, 2.75) is 13.5 Å². The first-order valence-corrected chi connectivity index (χ1v) is 4.85. The second-order valence-corrected chi connectivity index (χ2v) is 3.33. The van der Waals surface area contributed by atoms with Gasteiger partial charge in [0.05, 0.1) is 0 Å². The van der Waals surface area contributed by atoms with Gasteiger partial charge >= 0.3 is 0 Å². The average Bonchev–Trinajstić information content (AvgIpc) is 2.19. The van der Waals surface area contributed by atoms with Gasteiger partial charge in [0.2, 0.25) is 0 Å². The van der Waals surface area contributed by atoms with Gasteiger partial charge < -0.3 is 10.6 Å². The lowest BCUT2D eigenvalue weighted by molar-refractivity contribution is 0.576. The maximum Gasteiger partial charge on any atom is 0.130 e. The third-order valence-corrected chi connectivity index (χ3v) is 2.14. The zero-order valence-electron chi connectivity index (χ0n) is 8.73. The minimum atomic E-state index is -0.0931. The normalized spacial score (nSPS) is 10.5. The molecule has 0 heterocycles. The molecule has 0 aliphatic carbocycles. The van der Waals surface area contributed by atoms with Crippen LogP contribution in [0.2, 0.25) is 0 Å². The van der Waals surface area contributed by atoms with Crippen molar-refractivity contribution in [3.05, 3.63) is 35.1 Å². The summed E-state index contributed by atoms with van der Waals surface area (Å²) in [5.74, 6) is -0.0931. The molecule has 0 aliphatic heterocycles. The molecule has 78 valence electrons. The molecule has 2 nitrogen and oxygen atoms in total. The van der Waals surface area contributed by atoms with Crippen LogP contribution in [-0.2, 0) is 6.54 Å². The lowest BCUT2D eigenvalue weighted by Crippen LogP contribution is -2.24. The smallest absolute Gasteiger partial charge is 0.130 e. The fourth-order valence-electron chi connectivity index (χ4n) is 1.28. The van der Waals surface area contributed by atoms with Gasteiger partial charge in [-0.1, -0.05) is 18.2 Å². The number of aryl methyl sites for hydroxylation is 1. The second kappa shape index (κ2) is 5.73. The molecule has 1 aromatic carbocycles. The molecule has 2 N–H and O–H groups in total. The van der Waals surface area contributed by atoms with Crippen LogP contribution in [0.15, 0.2) is 18.2 Å². The highest BCUT2D eigenvalue weighted by atomic mass is 19.1. The fraction of sp³-hybridized carbons (Fsp3) is 0.455. The SMILES string of the molecule is CNCCNCc1cccc(C)c1F. The van der Waals surface area contributed by atoms with Crippen LogP contribution in [0.1, 0.15) is 11.1 Å². The Morgan fingerprint density at radius 3 is 2.79 bits per heavy atom. The molecule has 0 fully saturated rings. The van der Waals surface area contributed by atoms with Crippen LogP contribution >= 0.6 is 0 Å². The summed E-state index contributed by atoms with van der Waals surface area (Å²) in [5.41, 5.74) is 1.44. The lowest BCUT2D eigenvalue weighted by Gasteiger charge is -2.06. The number of hydrogen-bond donors (Lipinski definition) is 2. The number of likely N-dealkylation sites (N-methyl/N-ethyl adjacent to an activating group) is 1. The van der Waals surface area contributed by atoms with Crippen LogP contribution in [0.25, 0.3) is 0 Å². The Morgan fingerprint density at radius 1 is 1.29 bits per heavy atom. The molecule has 0 atom stereocenters. The van der Waals surface area contributed by atoms with Gasteiger partial charge in [-0.15, -0.1) is 0 Å². The van der Waals surface area contributed by atoms with Crippen LogP contribution in [0, 0.1) is 12.7 Å². The van der Waals surface area contributed by atoms with Gasteiger partial charge in [0, 0.05) is 25.2 Å². The van der Waals surface area contributed by atoms with Crippen LogP contribution in [-0.4, -0.2) is 20.1 Å². The first kappa shape index (κ1) is 11.1. The summed E-state index contributed by atoms with van der Waals surface area (Å²) in [7, 11) is 1.90. The third kappa shape index (κ3) is 3.09. The minimum Gasteiger partial charge on any atom is -0.318 e. The Balaban J connectivity index is 2.46. The van der Waals surface area contributed by atoms with E-state index in [9.17, 15) is 4.39 Å². The van der Waals surface area contributed by atoms with Crippen molar-refractivity contribution in [3.63, 3.8) is 0 Å². The van der Waals surface area contributed by atoms with Gasteiger partial charge in [-0.3, -0.25) is 0 Å². The van der Waals surface area contributed by atoms with Crippen molar-refractivity contribution < 1.29 is 4.39 Å².